The van der Waals surface area contributed by atoms with E-state index in [-0.39, 0.29) is 18.2 Å². The van der Waals surface area contributed by atoms with Crippen molar-refractivity contribution < 1.29 is 14.3 Å². The Hall–Kier alpha value is -2.57. The number of nitrogens with zero attached hydrogens (tertiary/aromatic N) is 3. The summed E-state index contributed by atoms with van der Waals surface area (Å²) in [5.41, 5.74) is 1.68. The van der Waals surface area contributed by atoms with Gasteiger partial charge in [0.15, 0.2) is 0 Å². The summed E-state index contributed by atoms with van der Waals surface area (Å²) in [6, 6.07) is 14.4. The number of ether oxygens (including phenoxy) is 1. The molecular weight excluding hydrogens is 378 g/mol. The lowest BCUT2D eigenvalue weighted by Crippen LogP contribution is -2.52. The number of hydrogen-bond donors (Lipinski definition) is 0. The molecule has 0 unspecified atom stereocenters. The average Bonchev–Trinajstić information content (AvgIpc) is 3.02. The summed E-state index contributed by atoms with van der Waals surface area (Å²) >= 11 is 6.09. The van der Waals surface area contributed by atoms with Crippen molar-refractivity contribution in [3.05, 3.63) is 53.6 Å². The van der Waals surface area contributed by atoms with Gasteiger partial charge in [0, 0.05) is 36.9 Å². The quantitative estimate of drug-likeness (QED) is 0.740. The highest BCUT2D eigenvalue weighted by atomic mass is 35.5. The van der Waals surface area contributed by atoms with Crippen LogP contribution in [0.25, 0.3) is 0 Å². The number of benzene rings is 2. The molecule has 2 amide bonds. The molecule has 1 atom stereocenters. The van der Waals surface area contributed by atoms with Gasteiger partial charge in [-0.2, -0.15) is 0 Å². The van der Waals surface area contributed by atoms with Crippen LogP contribution < -0.4 is 14.5 Å². The Morgan fingerprint density at radius 1 is 0.964 bits per heavy atom. The number of amides is 2. The summed E-state index contributed by atoms with van der Waals surface area (Å²) in [7, 11) is 1.58. The molecule has 0 saturated carbocycles. The van der Waals surface area contributed by atoms with E-state index in [0.717, 1.165) is 31.9 Å². The zero-order valence-electron chi connectivity index (χ0n) is 15.7. The van der Waals surface area contributed by atoms with Gasteiger partial charge in [0.1, 0.15) is 5.75 Å². The minimum Gasteiger partial charge on any atom is -0.497 e. The van der Waals surface area contributed by atoms with E-state index in [0.29, 0.717) is 16.5 Å². The number of imide groups is 1. The van der Waals surface area contributed by atoms with Crippen LogP contribution in [-0.2, 0) is 9.59 Å². The monoisotopic (exact) mass is 399 g/mol. The molecule has 0 radical (unpaired) electrons. The van der Waals surface area contributed by atoms with Crippen molar-refractivity contribution in [2.45, 2.75) is 12.5 Å². The summed E-state index contributed by atoms with van der Waals surface area (Å²) in [4.78, 5) is 31.2. The molecule has 0 bridgehead atoms. The van der Waals surface area contributed by atoms with Gasteiger partial charge in [-0.3, -0.25) is 14.5 Å². The van der Waals surface area contributed by atoms with Gasteiger partial charge >= 0.3 is 0 Å². The molecule has 7 heteroatoms. The summed E-state index contributed by atoms with van der Waals surface area (Å²) < 4.78 is 5.15. The number of rotatable bonds is 4. The minimum absolute atomic E-state index is 0.147. The lowest BCUT2D eigenvalue weighted by molar-refractivity contribution is -0.123. The number of halogens is 1. The molecule has 2 saturated heterocycles. The lowest BCUT2D eigenvalue weighted by Gasteiger charge is -2.38. The third-order valence-corrected chi connectivity index (χ3v) is 5.62. The SMILES string of the molecule is COc1ccc(N2C(=O)C[C@@H](N3CCN(c4cccc(Cl)c4)CC3)C2=O)cc1. The molecule has 2 fully saturated rings. The Kier molecular flexibility index (Phi) is 5.24. The summed E-state index contributed by atoms with van der Waals surface area (Å²) in [6.07, 6.45) is 0.224. The predicted molar refractivity (Wildman–Crippen MR) is 109 cm³/mol. The molecule has 0 N–H and O–H groups in total. The molecule has 146 valence electrons. The number of carbonyl (C=O) groups is 2. The molecule has 6 nitrogen and oxygen atoms in total. The minimum atomic E-state index is -0.392. The third kappa shape index (κ3) is 3.57. The Bertz CT molecular complexity index is 879. The number of anilines is 2. The van der Waals surface area contributed by atoms with E-state index in [1.807, 2.05) is 24.3 Å². The Labute approximate surface area is 169 Å². The van der Waals surface area contributed by atoms with Crippen LogP contribution in [0, 0.1) is 0 Å². The van der Waals surface area contributed by atoms with Crippen LogP contribution in [0.3, 0.4) is 0 Å². The fourth-order valence-corrected chi connectivity index (χ4v) is 4.05. The fourth-order valence-electron chi connectivity index (χ4n) is 3.87. The van der Waals surface area contributed by atoms with E-state index >= 15 is 0 Å². The van der Waals surface area contributed by atoms with Crippen LogP contribution in [0.1, 0.15) is 6.42 Å². The largest absolute Gasteiger partial charge is 0.497 e. The maximum absolute atomic E-state index is 13.0. The second-order valence-electron chi connectivity index (χ2n) is 6.99. The number of piperazine rings is 1. The van der Waals surface area contributed by atoms with Crippen molar-refractivity contribution in [2.24, 2.45) is 0 Å². The van der Waals surface area contributed by atoms with Gasteiger partial charge in [-0.15, -0.1) is 0 Å². The first-order chi connectivity index (χ1) is 13.6. The Balaban J connectivity index is 1.43. The molecule has 2 heterocycles. The standard InChI is InChI=1S/C21H22ClN3O3/c1-28-18-7-5-16(6-8-18)25-20(26)14-19(21(25)27)24-11-9-23(10-12-24)17-4-2-3-15(22)13-17/h2-8,13,19H,9-12,14H2,1H3/t19-/m1/s1. The average molecular weight is 400 g/mol. The zero-order valence-corrected chi connectivity index (χ0v) is 16.4. The van der Waals surface area contributed by atoms with Crippen molar-refractivity contribution in [1.29, 1.82) is 0 Å². The first kappa shape index (κ1) is 18.8. The summed E-state index contributed by atoms with van der Waals surface area (Å²) in [6.45, 7) is 3.04. The van der Waals surface area contributed by atoms with E-state index < -0.39 is 6.04 Å². The van der Waals surface area contributed by atoms with Gasteiger partial charge in [-0.1, -0.05) is 17.7 Å². The van der Waals surface area contributed by atoms with Crippen LogP contribution in [0.15, 0.2) is 48.5 Å². The van der Waals surface area contributed by atoms with Gasteiger partial charge in [0.05, 0.1) is 25.3 Å². The van der Waals surface area contributed by atoms with Crippen LogP contribution >= 0.6 is 11.6 Å². The maximum atomic E-state index is 13.0. The second kappa shape index (κ2) is 7.81. The first-order valence-corrected chi connectivity index (χ1v) is 9.70. The number of methoxy groups -OCH3 is 1. The van der Waals surface area contributed by atoms with Crippen molar-refractivity contribution in [3.8, 4) is 5.75 Å². The lowest BCUT2D eigenvalue weighted by atomic mass is 10.1. The molecular formula is C21H22ClN3O3. The number of hydrogen-bond acceptors (Lipinski definition) is 5. The van der Waals surface area contributed by atoms with Crippen LogP contribution in [0.2, 0.25) is 5.02 Å². The molecule has 0 aliphatic carbocycles. The molecule has 0 aromatic heterocycles. The van der Waals surface area contributed by atoms with Gasteiger partial charge in [-0.25, -0.2) is 4.90 Å². The van der Waals surface area contributed by atoms with Gasteiger partial charge in [0.2, 0.25) is 5.91 Å². The number of carbonyl (C=O) groups excluding carboxylic acids is 2. The van der Waals surface area contributed by atoms with Gasteiger partial charge < -0.3 is 9.64 Å². The summed E-state index contributed by atoms with van der Waals surface area (Å²) in [5, 5.41) is 0.714. The molecule has 4 rings (SSSR count). The maximum Gasteiger partial charge on any atom is 0.251 e. The molecule has 2 aromatic carbocycles. The van der Waals surface area contributed by atoms with Crippen LogP contribution in [-0.4, -0.2) is 56.0 Å². The van der Waals surface area contributed by atoms with Crippen molar-refractivity contribution in [2.75, 3.05) is 43.1 Å². The van der Waals surface area contributed by atoms with E-state index in [2.05, 4.69) is 9.80 Å². The van der Waals surface area contributed by atoms with Crippen molar-refractivity contribution in [3.63, 3.8) is 0 Å². The fraction of sp³-hybridized carbons (Fsp3) is 0.333. The topological polar surface area (TPSA) is 53.1 Å². The highest BCUT2D eigenvalue weighted by Crippen LogP contribution is 2.28. The van der Waals surface area contributed by atoms with Crippen molar-refractivity contribution >= 4 is 34.8 Å². The second-order valence-corrected chi connectivity index (χ2v) is 7.42. The molecule has 28 heavy (non-hydrogen) atoms. The van der Waals surface area contributed by atoms with Crippen LogP contribution in [0.4, 0.5) is 11.4 Å². The van der Waals surface area contributed by atoms with Gasteiger partial charge in [0.25, 0.3) is 5.91 Å². The van der Waals surface area contributed by atoms with Gasteiger partial charge in [-0.05, 0) is 42.5 Å². The molecule has 2 aromatic rings. The zero-order chi connectivity index (χ0) is 19.7. The highest BCUT2D eigenvalue weighted by Gasteiger charge is 2.43. The highest BCUT2D eigenvalue weighted by molar-refractivity contribution is 6.30. The van der Waals surface area contributed by atoms with E-state index in [4.69, 9.17) is 16.3 Å². The third-order valence-electron chi connectivity index (χ3n) is 5.38. The first-order valence-electron chi connectivity index (χ1n) is 9.32. The van der Waals surface area contributed by atoms with E-state index in [9.17, 15) is 9.59 Å². The molecule has 0 spiro atoms. The Morgan fingerprint density at radius 2 is 1.68 bits per heavy atom. The summed E-state index contributed by atoms with van der Waals surface area (Å²) in [5.74, 6) is 0.389. The molecule has 2 aliphatic heterocycles. The normalized spacial score (nSPS) is 20.7. The van der Waals surface area contributed by atoms with E-state index in [1.165, 1.54) is 4.90 Å². The smallest absolute Gasteiger partial charge is 0.251 e. The van der Waals surface area contributed by atoms with Crippen LogP contribution in [0.5, 0.6) is 5.75 Å². The van der Waals surface area contributed by atoms with Crippen molar-refractivity contribution in [1.82, 2.24) is 4.90 Å². The molecule has 2 aliphatic rings. The predicted octanol–water partition coefficient (Wildman–Crippen LogP) is 2.80. The van der Waals surface area contributed by atoms with E-state index in [1.54, 1.807) is 31.4 Å². The Morgan fingerprint density at radius 3 is 2.32 bits per heavy atom.